The van der Waals surface area contributed by atoms with Crippen LogP contribution in [0.4, 0.5) is 0 Å². The summed E-state index contributed by atoms with van der Waals surface area (Å²) < 4.78 is 15.7. The van der Waals surface area contributed by atoms with Crippen molar-refractivity contribution in [2.24, 2.45) is 4.99 Å². The minimum atomic E-state index is -0.472. The molecule has 2 aromatic carbocycles. The topological polar surface area (TPSA) is 57.1 Å². The van der Waals surface area contributed by atoms with E-state index in [1.54, 1.807) is 24.3 Å². The molecular weight excluding hydrogens is 306 g/mol. The molecule has 0 radical (unpaired) electrons. The summed E-state index contributed by atoms with van der Waals surface area (Å²) in [4.78, 5) is 16.2. The van der Waals surface area contributed by atoms with E-state index in [4.69, 9.17) is 14.2 Å². The molecule has 0 N–H and O–H groups in total. The molecule has 0 bridgehead atoms. The molecule has 0 fully saturated rings. The van der Waals surface area contributed by atoms with Crippen molar-refractivity contribution >= 4 is 24.0 Å². The van der Waals surface area contributed by atoms with E-state index in [2.05, 4.69) is 4.99 Å². The van der Waals surface area contributed by atoms with Gasteiger partial charge >= 0.3 is 5.97 Å². The Bertz CT molecular complexity index is 881. The van der Waals surface area contributed by atoms with Crippen LogP contribution in [0.2, 0.25) is 0 Å². The molecule has 0 saturated carbocycles. The lowest BCUT2D eigenvalue weighted by Crippen LogP contribution is -2.01. The number of carbonyl (C=O) groups excluding carboxylic acids is 1. The highest BCUT2D eigenvalue weighted by Gasteiger charge is 2.21. The number of esters is 1. The number of rotatable bonds is 3. The van der Waals surface area contributed by atoms with E-state index in [-0.39, 0.29) is 18.4 Å². The molecule has 0 aromatic heterocycles. The third-order valence-electron chi connectivity index (χ3n) is 3.55. The van der Waals surface area contributed by atoms with Crippen LogP contribution in [0, 0.1) is 0 Å². The molecule has 2 aromatic rings. The summed E-state index contributed by atoms with van der Waals surface area (Å²) in [6.07, 6.45) is 5.18. The fourth-order valence-electron chi connectivity index (χ4n) is 2.39. The summed E-state index contributed by atoms with van der Waals surface area (Å²) >= 11 is 0. The Morgan fingerprint density at radius 3 is 2.62 bits per heavy atom. The van der Waals surface area contributed by atoms with Crippen molar-refractivity contribution < 1.29 is 19.0 Å². The Morgan fingerprint density at radius 2 is 1.75 bits per heavy atom. The van der Waals surface area contributed by atoms with Gasteiger partial charge in [0.25, 0.3) is 0 Å². The smallest absolute Gasteiger partial charge is 0.363 e. The minimum Gasteiger partial charge on any atom is -0.454 e. The van der Waals surface area contributed by atoms with Crippen LogP contribution in [-0.2, 0) is 9.53 Å². The van der Waals surface area contributed by atoms with Crippen molar-refractivity contribution in [3.05, 3.63) is 71.4 Å². The van der Waals surface area contributed by atoms with Gasteiger partial charge in [0.15, 0.2) is 17.2 Å². The SMILES string of the molecule is O=C1OC(/C=C/c2ccccc2)=NC/1=C/c1ccc2c(c1)OCO2. The van der Waals surface area contributed by atoms with Crippen LogP contribution in [0.5, 0.6) is 11.5 Å². The lowest BCUT2D eigenvalue weighted by Gasteiger charge is -1.97. The Balaban J connectivity index is 1.56. The van der Waals surface area contributed by atoms with Crippen LogP contribution in [0.25, 0.3) is 12.2 Å². The maximum absolute atomic E-state index is 11.9. The Labute approximate surface area is 138 Å². The highest BCUT2D eigenvalue weighted by atomic mass is 16.7. The van der Waals surface area contributed by atoms with Crippen LogP contribution in [0.3, 0.4) is 0 Å². The van der Waals surface area contributed by atoms with Gasteiger partial charge < -0.3 is 14.2 Å². The fraction of sp³-hybridized carbons (Fsp3) is 0.0526. The molecule has 0 amide bonds. The van der Waals surface area contributed by atoms with E-state index in [1.807, 2.05) is 42.5 Å². The van der Waals surface area contributed by atoms with Gasteiger partial charge in [0, 0.05) is 6.08 Å². The second-order valence-corrected chi connectivity index (χ2v) is 5.23. The number of carbonyl (C=O) groups is 1. The number of cyclic esters (lactones) is 1. The highest BCUT2D eigenvalue weighted by molar-refractivity contribution is 6.11. The van der Waals surface area contributed by atoms with Crippen LogP contribution >= 0.6 is 0 Å². The Hall–Kier alpha value is -3.34. The van der Waals surface area contributed by atoms with Crippen molar-refractivity contribution in [3.63, 3.8) is 0 Å². The fourth-order valence-corrected chi connectivity index (χ4v) is 2.39. The largest absolute Gasteiger partial charge is 0.454 e. The van der Waals surface area contributed by atoms with Crippen molar-refractivity contribution in [1.29, 1.82) is 0 Å². The minimum absolute atomic E-state index is 0.212. The molecule has 4 rings (SSSR count). The lowest BCUT2D eigenvalue weighted by atomic mass is 10.1. The highest BCUT2D eigenvalue weighted by Crippen LogP contribution is 2.33. The molecule has 0 spiro atoms. The van der Waals surface area contributed by atoms with Gasteiger partial charge in [-0.05, 0) is 35.4 Å². The number of nitrogens with zero attached hydrogens (tertiary/aromatic N) is 1. The molecule has 0 saturated heterocycles. The molecule has 0 atom stereocenters. The monoisotopic (exact) mass is 319 g/mol. The number of hydrogen-bond acceptors (Lipinski definition) is 5. The van der Waals surface area contributed by atoms with E-state index in [9.17, 15) is 4.79 Å². The molecular formula is C19H13NO4. The van der Waals surface area contributed by atoms with Gasteiger partial charge in [-0.1, -0.05) is 36.4 Å². The zero-order valence-electron chi connectivity index (χ0n) is 12.6. The maximum atomic E-state index is 11.9. The van der Waals surface area contributed by atoms with Gasteiger partial charge in [-0.2, -0.15) is 0 Å². The molecule has 2 aliphatic rings. The summed E-state index contributed by atoms with van der Waals surface area (Å²) in [5.41, 5.74) is 2.05. The van der Waals surface area contributed by atoms with Gasteiger partial charge in [0.2, 0.25) is 12.7 Å². The van der Waals surface area contributed by atoms with Gasteiger partial charge in [-0.25, -0.2) is 9.79 Å². The number of hydrogen-bond donors (Lipinski definition) is 0. The van der Waals surface area contributed by atoms with E-state index in [0.29, 0.717) is 11.5 Å². The zero-order chi connectivity index (χ0) is 16.4. The predicted octanol–water partition coefficient (Wildman–Crippen LogP) is 3.42. The first-order chi connectivity index (χ1) is 11.8. The van der Waals surface area contributed by atoms with E-state index < -0.39 is 5.97 Å². The second-order valence-electron chi connectivity index (χ2n) is 5.23. The van der Waals surface area contributed by atoms with Crippen LogP contribution in [0.15, 0.2) is 65.3 Å². The average molecular weight is 319 g/mol. The first kappa shape index (κ1) is 14.3. The van der Waals surface area contributed by atoms with E-state index in [1.165, 1.54) is 0 Å². The van der Waals surface area contributed by atoms with Crippen LogP contribution in [0.1, 0.15) is 11.1 Å². The summed E-state index contributed by atoms with van der Waals surface area (Å²) in [6, 6.07) is 15.2. The number of ether oxygens (including phenoxy) is 3. The first-order valence-corrected chi connectivity index (χ1v) is 7.43. The first-order valence-electron chi connectivity index (χ1n) is 7.43. The summed E-state index contributed by atoms with van der Waals surface area (Å²) in [7, 11) is 0. The molecule has 0 aliphatic carbocycles. The predicted molar refractivity (Wildman–Crippen MR) is 89.5 cm³/mol. The molecule has 24 heavy (non-hydrogen) atoms. The molecule has 5 nitrogen and oxygen atoms in total. The standard InChI is InChI=1S/C19H13NO4/c21-19-15(10-14-6-8-16-17(11-14)23-12-22-16)20-18(24-19)9-7-13-4-2-1-3-5-13/h1-11H,12H2/b9-7+,15-10+. The number of fused-ring (bicyclic) bond motifs is 1. The number of benzene rings is 2. The van der Waals surface area contributed by atoms with E-state index in [0.717, 1.165) is 11.1 Å². The van der Waals surface area contributed by atoms with Crippen LogP contribution in [-0.4, -0.2) is 18.7 Å². The van der Waals surface area contributed by atoms with E-state index >= 15 is 0 Å². The lowest BCUT2D eigenvalue weighted by molar-refractivity contribution is -0.129. The maximum Gasteiger partial charge on any atom is 0.363 e. The summed E-state index contributed by atoms with van der Waals surface area (Å²) in [6.45, 7) is 0.212. The van der Waals surface area contributed by atoms with Crippen molar-refractivity contribution in [3.8, 4) is 11.5 Å². The van der Waals surface area contributed by atoms with Gasteiger partial charge in [0.1, 0.15) is 0 Å². The zero-order valence-corrected chi connectivity index (χ0v) is 12.6. The average Bonchev–Trinajstić information content (AvgIpc) is 3.20. The van der Waals surface area contributed by atoms with Crippen LogP contribution < -0.4 is 9.47 Å². The van der Waals surface area contributed by atoms with Gasteiger partial charge in [0.05, 0.1) is 0 Å². The third-order valence-corrected chi connectivity index (χ3v) is 3.55. The van der Waals surface area contributed by atoms with Crippen molar-refractivity contribution in [2.75, 3.05) is 6.79 Å². The van der Waals surface area contributed by atoms with Gasteiger partial charge in [-0.3, -0.25) is 0 Å². The number of aliphatic imine (C=N–C) groups is 1. The second kappa shape index (κ2) is 6.04. The Morgan fingerprint density at radius 1 is 0.917 bits per heavy atom. The molecule has 118 valence electrons. The van der Waals surface area contributed by atoms with Gasteiger partial charge in [-0.15, -0.1) is 0 Å². The molecule has 0 unspecified atom stereocenters. The summed E-state index contributed by atoms with van der Waals surface area (Å²) in [5, 5.41) is 0. The third kappa shape index (κ3) is 2.92. The quantitative estimate of drug-likeness (QED) is 0.642. The molecule has 2 heterocycles. The van der Waals surface area contributed by atoms with Crippen molar-refractivity contribution in [2.45, 2.75) is 0 Å². The molecule has 2 aliphatic heterocycles. The van der Waals surface area contributed by atoms with Crippen molar-refractivity contribution in [1.82, 2.24) is 0 Å². The Kier molecular flexibility index (Phi) is 3.59. The normalized spacial score (nSPS) is 17.4. The summed E-state index contributed by atoms with van der Waals surface area (Å²) in [5.74, 6) is 1.15. The molecule has 5 heteroatoms.